The highest BCUT2D eigenvalue weighted by molar-refractivity contribution is 5.98. The zero-order chi connectivity index (χ0) is 12.9. The Morgan fingerprint density at radius 2 is 2.17 bits per heavy atom. The lowest BCUT2D eigenvalue weighted by Crippen LogP contribution is -2.35. The Hall–Kier alpha value is -1.65. The Bertz CT molecular complexity index is 533. The first-order chi connectivity index (χ1) is 8.58. The molecule has 0 aliphatic carbocycles. The molecule has 0 saturated heterocycles. The second kappa shape index (κ2) is 3.93. The summed E-state index contributed by atoms with van der Waals surface area (Å²) in [5, 5.41) is 4.53. The lowest BCUT2D eigenvalue weighted by molar-refractivity contribution is -0.129. The summed E-state index contributed by atoms with van der Waals surface area (Å²) in [6.07, 6.45) is 1.62. The number of aryl methyl sites for hydroxylation is 1. The molecule has 5 nitrogen and oxygen atoms in total. The van der Waals surface area contributed by atoms with Crippen LogP contribution in [-0.4, -0.2) is 32.9 Å². The van der Waals surface area contributed by atoms with Gasteiger partial charge in [0, 0.05) is 44.5 Å². The van der Waals surface area contributed by atoms with Gasteiger partial charge in [-0.3, -0.25) is 14.3 Å². The SMILES string of the molecule is CC(=O)N1CCc2nn3c(c2C1)C(=O)C(C)CC3. The molecular formula is C13H17N3O2. The predicted octanol–water partition coefficient (Wildman–Crippen LogP) is 1.01. The Morgan fingerprint density at radius 3 is 2.89 bits per heavy atom. The van der Waals surface area contributed by atoms with Gasteiger partial charge in [0.2, 0.25) is 5.91 Å². The number of rotatable bonds is 0. The fraction of sp³-hybridized carbons (Fsp3) is 0.615. The number of nitrogens with zero attached hydrogens (tertiary/aromatic N) is 3. The smallest absolute Gasteiger partial charge is 0.219 e. The molecule has 5 heteroatoms. The van der Waals surface area contributed by atoms with Crippen molar-refractivity contribution in [3.63, 3.8) is 0 Å². The third-order valence-corrected chi connectivity index (χ3v) is 4.00. The number of hydrogen-bond acceptors (Lipinski definition) is 3. The molecule has 18 heavy (non-hydrogen) atoms. The van der Waals surface area contributed by atoms with Gasteiger partial charge >= 0.3 is 0 Å². The van der Waals surface area contributed by atoms with Crippen molar-refractivity contribution in [2.45, 2.75) is 39.8 Å². The molecule has 3 heterocycles. The van der Waals surface area contributed by atoms with E-state index in [-0.39, 0.29) is 17.6 Å². The van der Waals surface area contributed by atoms with Crippen LogP contribution in [0.25, 0.3) is 0 Å². The molecule has 0 bridgehead atoms. The van der Waals surface area contributed by atoms with Crippen LogP contribution < -0.4 is 0 Å². The molecule has 2 aliphatic heterocycles. The van der Waals surface area contributed by atoms with E-state index in [4.69, 9.17) is 0 Å². The van der Waals surface area contributed by atoms with Gasteiger partial charge in [-0.15, -0.1) is 0 Å². The minimum absolute atomic E-state index is 0.0666. The van der Waals surface area contributed by atoms with E-state index in [0.29, 0.717) is 13.1 Å². The van der Waals surface area contributed by atoms with E-state index in [1.165, 1.54) is 0 Å². The summed E-state index contributed by atoms with van der Waals surface area (Å²) in [5.74, 6) is 0.323. The second-order valence-corrected chi connectivity index (χ2v) is 5.24. The summed E-state index contributed by atoms with van der Waals surface area (Å²) in [4.78, 5) is 25.5. The van der Waals surface area contributed by atoms with Crippen molar-refractivity contribution in [3.8, 4) is 0 Å². The largest absolute Gasteiger partial charge is 0.338 e. The number of amides is 1. The third kappa shape index (κ3) is 1.57. The van der Waals surface area contributed by atoms with Crippen molar-refractivity contribution >= 4 is 11.7 Å². The van der Waals surface area contributed by atoms with Crippen molar-refractivity contribution < 1.29 is 9.59 Å². The summed E-state index contributed by atoms with van der Waals surface area (Å²) in [5.41, 5.74) is 2.73. The minimum Gasteiger partial charge on any atom is -0.338 e. The fourth-order valence-electron chi connectivity index (χ4n) is 2.81. The Labute approximate surface area is 106 Å². The van der Waals surface area contributed by atoms with E-state index < -0.39 is 0 Å². The Morgan fingerprint density at radius 1 is 1.39 bits per heavy atom. The monoisotopic (exact) mass is 247 g/mol. The minimum atomic E-state index is 0.0666. The zero-order valence-corrected chi connectivity index (χ0v) is 10.8. The van der Waals surface area contributed by atoms with Crippen LogP contribution in [0.3, 0.4) is 0 Å². The van der Waals surface area contributed by atoms with Crippen molar-refractivity contribution in [2.24, 2.45) is 5.92 Å². The molecule has 0 spiro atoms. The molecule has 0 aromatic carbocycles. The summed E-state index contributed by atoms with van der Waals surface area (Å²) in [6, 6.07) is 0. The molecular weight excluding hydrogens is 230 g/mol. The van der Waals surface area contributed by atoms with Gasteiger partial charge in [-0.1, -0.05) is 6.92 Å². The average molecular weight is 247 g/mol. The number of fused-ring (bicyclic) bond motifs is 3. The Balaban J connectivity index is 2.04. The first-order valence-electron chi connectivity index (χ1n) is 6.46. The van der Waals surface area contributed by atoms with Gasteiger partial charge in [0.15, 0.2) is 5.78 Å². The van der Waals surface area contributed by atoms with Gasteiger partial charge < -0.3 is 4.90 Å². The molecule has 1 aromatic rings. The van der Waals surface area contributed by atoms with Crippen molar-refractivity contribution in [1.29, 1.82) is 0 Å². The van der Waals surface area contributed by atoms with Gasteiger partial charge in [-0.05, 0) is 6.42 Å². The maximum Gasteiger partial charge on any atom is 0.219 e. The molecule has 96 valence electrons. The fourth-order valence-corrected chi connectivity index (χ4v) is 2.81. The zero-order valence-electron chi connectivity index (χ0n) is 10.8. The second-order valence-electron chi connectivity index (χ2n) is 5.24. The number of Topliss-reactive ketones (excluding diaryl/α,β-unsaturated/α-hetero) is 1. The van der Waals surface area contributed by atoms with Crippen molar-refractivity contribution in [1.82, 2.24) is 14.7 Å². The normalized spacial score (nSPS) is 22.7. The van der Waals surface area contributed by atoms with Crippen molar-refractivity contribution in [3.05, 3.63) is 17.0 Å². The van der Waals surface area contributed by atoms with E-state index in [1.807, 2.05) is 11.6 Å². The number of carbonyl (C=O) groups is 2. The van der Waals surface area contributed by atoms with Crippen LogP contribution in [0.5, 0.6) is 0 Å². The molecule has 3 rings (SSSR count). The summed E-state index contributed by atoms with van der Waals surface area (Å²) < 4.78 is 1.84. The van der Waals surface area contributed by atoms with E-state index in [1.54, 1.807) is 11.8 Å². The van der Waals surface area contributed by atoms with Crippen LogP contribution in [0.2, 0.25) is 0 Å². The molecule has 1 amide bonds. The highest BCUT2D eigenvalue weighted by Gasteiger charge is 2.33. The van der Waals surface area contributed by atoms with Gasteiger partial charge in [0.1, 0.15) is 5.69 Å². The van der Waals surface area contributed by atoms with Gasteiger partial charge in [-0.25, -0.2) is 0 Å². The van der Waals surface area contributed by atoms with E-state index >= 15 is 0 Å². The lowest BCUT2D eigenvalue weighted by Gasteiger charge is -2.26. The maximum atomic E-state index is 12.3. The van der Waals surface area contributed by atoms with E-state index in [9.17, 15) is 9.59 Å². The summed E-state index contributed by atoms with van der Waals surface area (Å²) >= 11 is 0. The number of aromatic nitrogens is 2. The van der Waals surface area contributed by atoms with Crippen LogP contribution in [0.4, 0.5) is 0 Å². The number of carbonyl (C=O) groups excluding carboxylic acids is 2. The summed E-state index contributed by atoms with van der Waals surface area (Å²) in [6.45, 7) is 5.61. The Kier molecular flexibility index (Phi) is 2.50. The van der Waals surface area contributed by atoms with Crippen LogP contribution in [0.15, 0.2) is 0 Å². The van der Waals surface area contributed by atoms with Crippen LogP contribution in [0.1, 0.15) is 42.0 Å². The summed E-state index contributed by atoms with van der Waals surface area (Å²) in [7, 11) is 0. The molecule has 1 aromatic heterocycles. The molecule has 0 fully saturated rings. The molecule has 1 atom stereocenters. The first kappa shape index (κ1) is 11.4. The highest BCUT2D eigenvalue weighted by atomic mass is 16.2. The van der Waals surface area contributed by atoms with Crippen LogP contribution >= 0.6 is 0 Å². The van der Waals surface area contributed by atoms with Gasteiger partial charge in [0.05, 0.1) is 5.69 Å². The molecule has 2 aliphatic rings. The molecule has 0 saturated carbocycles. The predicted molar refractivity (Wildman–Crippen MR) is 65.1 cm³/mol. The van der Waals surface area contributed by atoms with Gasteiger partial charge in [0.25, 0.3) is 0 Å². The van der Waals surface area contributed by atoms with Gasteiger partial charge in [-0.2, -0.15) is 5.10 Å². The first-order valence-corrected chi connectivity index (χ1v) is 6.46. The van der Waals surface area contributed by atoms with Crippen LogP contribution in [-0.2, 0) is 24.3 Å². The topological polar surface area (TPSA) is 55.2 Å². The lowest BCUT2D eigenvalue weighted by atomic mass is 9.93. The maximum absolute atomic E-state index is 12.3. The average Bonchev–Trinajstić information content (AvgIpc) is 2.71. The molecule has 0 N–H and O–H groups in total. The van der Waals surface area contributed by atoms with E-state index in [2.05, 4.69) is 5.10 Å². The molecule has 1 unspecified atom stereocenters. The van der Waals surface area contributed by atoms with E-state index in [0.717, 1.165) is 36.3 Å². The van der Waals surface area contributed by atoms with Crippen LogP contribution in [0, 0.1) is 5.92 Å². The van der Waals surface area contributed by atoms with Crippen molar-refractivity contribution in [2.75, 3.05) is 6.54 Å². The number of ketones is 1. The molecule has 0 radical (unpaired) electrons. The highest BCUT2D eigenvalue weighted by Crippen LogP contribution is 2.28. The number of hydrogen-bond donors (Lipinski definition) is 0. The third-order valence-electron chi connectivity index (χ3n) is 4.00. The quantitative estimate of drug-likeness (QED) is 0.687. The standard InChI is InChI=1S/C13H17N3O2/c1-8-3-6-16-12(13(8)18)10-7-15(9(2)17)5-4-11(10)14-16/h8H,3-7H2,1-2H3.